The minimum Gasteiger partial charge on any atom is -0.346 e. The average molecular weight is 401 g/mol. The van der Waals surface area contributed by atoms with Gasteiger partial charge in [-0.15, -0.1) is 0 Å². The van der Waals surface area contributed by atoms with E-state index >= 15 is 0 Å². The summed E-state index contributed by atoms with van der Waals surface area (Å²) in [4.78, 5) is 17.0. The number of halogens is 1. The Morgan fingerprint density at radius 2 is 1.86 bits per heavy atom. The second-order valence-corrected chi connectivity index (χ2v) is 8.64. The Morgan fingerprint density at radius 3 is 2.43 bits per heavy atom. The molecule has 1 heterocycles. The van der Waals surface area contributed by atoms with Gasteiger partial charge in [-0.25, -0.2) is 17.8 Å². The molecule has 0 fully saturated rings. The fraction of sp³-hybridized carbons (Fsp3) is 0.200. The van der Waals surface area contributed by atoms with E-state index in [-0.39, 0.29) is 16.5 Å². The maximum absolute atomic E-state index is 14.1. The van der Waals surface area contributed by atoms with Crippen molar-refractivity contribution in [2.75, 3.05) is 6.26 Å². The van der Waals surface area contributed by atoms with E-state index in [1.165, 1.54) is 24.3 Å². The lowest BCUT2D eigenvalue weighted by molar-refractivity contribution is 0.0939. The molecular weight excluding hydrogens is 381 g/mol. The molecular formula is C20H20FN3O3S. The zero-order valence-electron chi connectivity index (χ0n) is 15.7. The lowest BCUT2D eigenvalue weighted by Crippen LogP contribution is -2.26. The van der Waals surface area contributed by atoms with Gasteiger partial charge < -0.3 is 9.88 Å². The van der Waals surface area contributed by atoms with Crippen LogP contribution in [0.1, 0.15) is 28.9 Å². The van der Waals surface area contributed by atoms with Crippen molar-refractivity contribution >= 4 is 15.7 Å². The number of amides is 1. The molecule has 1 atom stereocenters. The minimum absolute atomic E-state index is 0.178. The summed E-state index contributed by atoms with van der Waals surface area (Å²) in [5.41, 5.74) is 1.42. The van der Waals surface area contributed by atoms with E-state index in [0.717, 1.165) is 11.8 Å². The SMILES string of the molecule is CC(NC(=O)c1cc(F)cc(-c2nccn2C)c1)c1ccc(S(C)(=O)=O)cc1. The molecule has 0 bridgehead atoms. The van der Waals surface area contributed by atoms with Crippen molar-refractivity contribution in [1.29, 1.82) is 0 Å². The highest BCUT2D eigenvalue weighted by Crippen LogP contribution is 2.21. The summed E-state index contributed by atoms with van der Waals surface area (Å²) in [7, 11) is -1.50. The quantitative estimate of drug-likeness (QED) is 0.712. The monoisotopic (exact) mass is 401 g/mol. The molecule has 1 unspecified atom stereocenters. The molecule has 0 radical (unpaired) electrons. The Hall–Kier alpha value is -3.00. The summed E-state index contributed by atoms with van der Waals surface area (Å²) in [6.07, 6.45) is 4.47. The summed E-state index contributed by atoms with van der Waals surface area (Å²) in [5.74, 6) is -0.414. The van der Waals surface area contributed by atoms with Crippen LogP contribution in [-0.4, -0.2) is 30.1 Å². The number of sulfone groups is 1. The zero-order chi connectivity index (χ0) is 20.5. The van der Waals surface area contributed by atoms with Crippen LogP contribution in [0.15, 0.2) is 59.8 Å². The Morgan fingerprint density at radius 1 is 1.18 bits per heavy atom. The third-order valence-corrected chi connectivity index (χ3v) is 5.52. The van der Waals surface area contributed by atoms with Crippen molar-refractivity contribution in [3.8, 4) is 11.4 Å². The number of nitrogens with zero attached hydrogens (tertiary/aromatic N) is 2. The van der Waals surface area contributed by atoms with Crippen molar-refractivity contribution in [1.82, 2.24) is 14.9 Å². The minimum atomic E-state index is -3.28. The van der Waals surface area contributed by atoms with E-state index in [4.69, 9.17) is 0 Å². The molecule has 0 aliphatic rings. The predicted molar refractivity (Wildman–Crippen MR) is 104 cm³/mol. The van der Waals surface area contributed by atoms with Crippen LogP contribution in [0.3, 0.4) is 0 Å². The predicted octanol–water partition coefficient (Wildman–Crippen LogP) is 3.12. The number of imidazole rings is 1. The molecule has 28 heavy (non-hydrogen) atoms. The lowest BCUT2D eigenvalue weighted by atomic mass is 10.1. The number of carbonyl (C=O) groups is 1. The van der Waals surface area contributed by atoms with Gasteiger partial charge >= 0.3 is 0 Å². The topological polar surface area (TPSA) is 81.1 Å². The van der Waals surface area contributed by atoms with Crippen molar-refractivity contribution in [2.24, 2.45) is 7.05 Å². The van der Waals surface area contributed by atoms with Crippen LogP contribution in [0, 0.1) is 5.82 Å². The summed E-state index contributed by atoms with van der Waals surface area (Å²) in [6, 6.07) is 9.97. The number of hydrogen-bond donors (Lipinski definition) is 1. The number of carbonyl (C=O) groups excluding carboxylic acids is 1. The molecule has 0 aliphatic carbocycles. The fourth-order valence-electron chi connectivity index (χ4n) is 2.86. The lowest BCUT2D eigenvalue weighted by Gasteiger charge is -2.15. The highest BCUT2D eigenvalue weighted by Gasteiger charge is 2.16. The van der Waals surface area contributed by atoms with Crippen molar-refractivity contribution < 1.29 is 17.6 Å². The average Bonchev–Trinajstić information content (AvgIpc) is 3.06. The molecule has 3 rings (SSSR count). The number of rotatable bonds is 5. The van der Waals surface area contributed by atoms with Gasteiger partial charge in [0.25, 0.3) is 5.91 Å². The first-order chi connectivity index (χ1) is 13.1. The first kappa shape index (κ1) is 19.8. The smallest absolute Gasteiger partial charge is 0.251 e. The summed E-state index contributed by atoms with van der Waals surface area (Å²) in [5, 5.41) is 2.80. The summed E-state index contributed by atoms with van der Waals surface area (Å²) >= 11 is 0. The molecule has 1 N–H and O–H groups in total. The molecule has 1 aromatic heterocycles. The molecule has 8 heteroatoms. The van der Waals surface area contributed by atoms with Gasteiger partial charge in [-0.05, 0) is 42.8 Å². The number of hydrogen-bond acceptors (Lipinski definition) is 4. The van der Waals surface area contributed by atoms with Gasteiger partial charge in [0, 0.05) is 36.8 Å². The van der Waals surface area contributed by atoms with Gasteiger partial charge in [-0.2, -0.15) is 0 Å². The van der Waals surface area contributed by atoms with Gasteiger partial charge in [0.2, 0.25) is 0 Å². The number of aryl methyl sites for hydroxylation is 1. The van der Waals surface area contributed by atoms with Crippen LogP contribution >= 0.6 is 0 Å². The molecule has 146 valence electrons. The van der Waals surface area contributed by atoms with Crippen molar-refractivity contribution in [2.45, 2.75) is 17.9 Å². The second-order valence-electron chi connectivity index (χ2n) is 6.63. The van der Waals surface area contributed by atoms with E-state index in [9.17, 15) is 17.6 Å². The van der Waals surface area contributed by atoms with Gasteiger partial charge in [-0.1, -0.05) is 12.1 Å². The molecule has 2 aromatic carbocycles. The molecule has 0 saturated carbocycles. The Labute approximate surface area is 163 Å². The van der Waals surface area contributed by atoms with E-state index in [1.807, 2.05) is 0 Å². The molecule has 1 amide bonds. The number of benzene rings is 2. The molecule has 0 aliphatic heterocycles. The molecule has 3 aromatic rings. The van der Waals surface area contributed by atoms with Gasteiger partial charge in [0.15, 0.2) is 9.84 Å². The van der Waals surface area contributed by atoms with E-state index < -0.39 is 21.6 Å². The number of nitrogens with one attached hydrogen (secondary N) is 1. The third-order valence-electron chi connectivity index (χ3n) is 4.40. The van der Waals surface area contributed by atoms with E-state index in [1.54, 1.807) is 49.1 Å². The maximum Gasteiger partial charge on any atom is 0.251 e. The Bertz CT molecular complexity index is 1120. The van der Waals surface area contributed by atoms with Crippen molar-refractivity contribution in [3.05, 3.63) is 71.8 Å². The summed E-state index contributed by atoms with van der Waals surface area (Å²) < 4.78 is 38.9. The maximum atomic E-state index is 14.1. The fourth-order valence-corrected chi connectivity index (χ4v) is 3.49. The van der Waals surface area contributed by atoms with Crippen LogP contribution in [0.4, 0.5) is 4.39 Å². The number of aromatic nitrogens is 2. The van der Waals surface area contributed by atoms with E-state index in [0.29, 0.717) is 11.4 Å². The second kappa shape index (κ2) is 7.55. The highest BCUT2D eigenvalue weighted by atomic mass is 32.2. The van der Waals surface area contributed by atoms with Gasteiger partial charge in [0.05, 0.1) is 10.9 Å². The van der Waals surface area contributed by atoms with Gasteiger partial charge in [0.1, 0.15) is 11.6 Å². The first-order valence-electron chi connectivity index (χ1n) is 8.54. The third kappa shape index (κ3) is 4.28. The van der Waals surface area contributed by atoms with Crippen molar-refractivity contribution in [3.63, 3.8) is 0 Å². The van der Waals surface area contributed by atoms with Gasteiger partial charge in [-0.3, -0.25) is 4.79 Å². The normalized spacial score (nSPS) is 12.6. The first-order valence-corrected chi connectivity index (χ1v) is 10.4. The Balaban J connectivity index is 1.81. The standard InChI is InChI=1S/C20H20FN3O3S/c1-13(14-4-6-18(7-5-14)28(3,26)27)23-20(25)16-10-15(11-17(21)12-16)19-22-8-9-24(19)2/h4-13H,1-3H3,(H,23,25). The Kier molecular flexibility index (Phi) is 5.33. The molecule has 0 saturated heterocycles. The van der Waals surface area contributed by atoms with Crippen LogP contribution in [0.2, 0.25) is 0 Å². The van der Waals surface area contributed by atoms with Crippen LogP contribution in [0.25, 0.3) is 11.4 Å². The largest absolute Gasteiger partial charge is 0.346 e. The summed E-state index contributed by atoms with van der Waals surface area (Å²) in [6.45, 7) is 1.77. The highest BCUT2D eigenvalue weighted by molar-refractivity contribution is 7.90. The van der Waals surface area contributed by atoms with Crippen LogP contribution in [-0.2, 0) is 16.9 Å². The molecule has 6 nitrogen and oxygen atoms in total. The van der Waals surface area contributed by atoms with Crippen LogP contribution in [0.5, 0.6) is 0 Å². The zero-order valence-corrected chi connectivity index (χ0v) is 16.5. The van der Waals surface area contributed by atoms with Crippen LogP contribution < -0.4 is 5.32 Å². The van der Waals surface area contributed by atoms with E-state index in [2.05, 4.69) is 10.3 Å². The molecule has 0 spiro atoms.